The highest BCUT2D eigenvalue weighted by Gasteiger charge is 2.35. The number of aryl methyl sites for hydroxylation is 1. The number of carbonyl (C=O) groups excluding carboxylic acids is 1. The molecule has 206 valence electrons. The molecule has 1 aliphatic carbocycles. The minimum Gasteiger partial charge on any atom is -0.496 e. The van der Waals surface area contributed by atoms with Gasteiger partial charge in [-0.25, -0.2) is 4.98 Å². The summed E-state index contributed by atoms with van der Waals surface area (Å²) >= 11 is 0. The molecule has 1 heterocycles. The van der Waals surface area contributed by atoms with Gasteiger partial charge in [-0.3, -0.25) is 4.79 Å². The average molecular weight is 534 g/mol. The highest BCUT2D eigenvalue weighted by Crippen LogP contribution is 2.46. The highest BCUT2D eigenvalue weighted by atomic mass is 19.4. The molecule has 3 aromatic rings. The number of ether oxygens (including phenoxy) is 3. The summed E-state index contributed by atoms with van der Waals surface area (Å²) in [5.74, 6) is 1.15. The van der Waals surface area contributed by atoms with Crippen LogP contribution in [0, 0.1) is 11.3 Å². The van der Waals surface area contributed by atoms with Crippen molar-refractivity contribution in [2.75, 3.05) is 19.5 Å². The van der Waals surface area contributed by atoms with Crippen LogP contribution in [0.15, 0.2) is 36.4 Å². The topological polar surface area (TPSA) is 74.6 Å². The van der Waals surface area contributed by atoms with E-state index in [0.29, 0.717) is 29.7 Å². The van der Waals surface area contributed by atoms with E-state index in [1.165, 1.54) is 31.4 Å². The molecule has 10 heteroatoms. The Hall–Kier alpha value is -3.43. The molecule has 0 aliphatic heterocycles. The second-order valence-electron chi connectivity index (χ2n) is 10.8. The number of aromatic nitrogens is 2. The normalized spacial score (nSPS) is 19.3. The number of anilines is 2. The lowest BCUT2D eigenvalue weighted by Crippen LogP contribution is -2.29. The summed E-state index contributed by atoms with van der Waals surface area (Å²) < 4.78 is 54.4. The first kappa shape index (κ1) is 27.6. The van der Waals surface area contributed by atoms with Crippen molar-refractivity contribution in [2.24, 2.45) is 11.3 Å². The Balaban J connectivity index is 1.76. The van der Waals surface area contributed by atoms with E-state index in [1.807, 2.05) is 12.1 Å². The van der Waals surface area contributed by atoms with Crippen molar-refractivity contribution in [2.45, 2.75) is 65.3 Å². The van der Waals surface area contributed by atoms with Gasteiger partial charge in [-0.15, -0.1) is 13.2 Å². The number of rotatable bonds is 8. The van der Waals surface area contributed by atoms with Gasteiger partial charge in [0, 0.05) is 24.2 Å². The number of esters is 1. The maximum absolute atomic E-state index is 12.6. The molecule has 1 saturated carbocycles. The molecular formula is C28H34F3N3O4. The summed E-state index contributed by atoms with van der Waals surface area (Å²) in [5.41, 5.74) is 3.18. The Kier molecular flexibility index (Phi) is 7.80. The van der Waals surface area contributed by atoms with Gasteiger partial charge in [0.05, 0.1) is 25.3 Å². The number of halogens is 3. The molecule has 0 amide bonds. The van der Waals surface area contributed by atoms with E-state index in [-0.39, 0.29) is 29.6 Å². The molecule has 1 aromatic heterocycles. The maximum Gasteiger partial charge on any atom is 0.573 e. The van der Waals surface area contributed by atoms with Crippen LogP contribution in [0.3, 0.4) is 0 Å². The van der Waals surface area contributed by atoms with Gasteiger partial charge < -0.3 is 24.1 Å². The smallest absolute Gasteiger partial charge is 0.496 e. The largest absolute Gasteiger partial charge is 0.573 e. The number of fused-ring (bicyclic) bond motifs is 1. The average Bonchev–Trinajstić information content (AvgIpc) is 3.17. The van der Waals surface area contributed by atoms with Crippen molar-refractivity contribution in [1.29, 1.82) is 0 Å². The van der Waals surface area contributed by atoms with Gasteiger partial charge in [-0.05, 0) is 72.9 Å². The predicted octanol–water partition coefficient (Wildman–Crippen LogP) is 7.18. The molecule has 2 atom stereocenters. The molecule has 2 unspecified atom stereocenters. The third kappa shape index (κ3) is 6.52. The van der Waals surface area contributed by atoms with Crippen LogP contribution in [0.4, 0.5) is 24.8 Å². The van der Waals surface area contributed by atoms with Crippen LogP contribution >= 0.6 is 0 Å². The molecule has 1 aliphatic rings. The molecule has 1 fully saturated rings. The lowest BCUT2D eigenvalue weighted by molar-refractivity contribution is -0.274. The summed E-state index contributed by atoms with van der Waals surface area (Å²) in [4.78, 5) is 16.6. The molecule has 0 bridgehead atoms. The van der Waals surface area contributed by atoms with Gasteiger partial charge in [0.25, 0.3) is 0 Å². The molecule has 4 rings (SSSR count). The monoisotopic (exact) mass is 533 g/mol. The Bertz CT molecular complexity index is 1290. The summed E-state index contributed by atoms with van der Waals surface area (Å²) in [6, 6.07) is 9.62. The van der Waals surface area contributed by atoms with E-state index < -0.39 is 6.36 Å². The standard InChI is InChI=1S/C28H34F3N3O4/c1-17-12-20(16-27(2,3)15-17)34-23-14-24(36-4)18(6-11-25(35)37-5)13-22(23)33-26(34)32-19-7-9-21(10-8-19)38-28(29,30)31/h7-10,13-14,17,20H,6,11-12,15-16H2,1-5H3,(H,32,33). The van der Waals surface area contributed by atoms with Crippen LogP contribution in [0.5, 0.6) is 11.5 Å². The first-order valence-electron chi connectivity index (χ1n) is 12.7. The van der Waals surface area contributed by atoms with Crippen LogP contribution in [0.1, 0.15) is 58.1 Å². The van der Waals surface area contributed by atoms with Gasteiger partial charge in [0.1, 0.15) is 11.5 Å². The molecule has 0 radical (unpaired) electrons. The second-order valence-corrected chi connectivity index (χ2v) is 10.8. The van der Waals surface area contributed by atoms with E-state index >= 15 is 0 Å². The van der Waals surface area contributed by atoms with Crippen LogP contribution in [-0.4, -0.2) is 36.1 Å². The molecule has 2 aromatic carbocycles. The number of nitrogens with zero attached hydrogens (tertiary/aromatic N) is 2. The molecular weight excluding hydrogens is 499 g/mol. The Morgan fingerprint density at radius 2 is 1.87 bits per heavy atom. The summed E-state index contributed by atoms with van der Waals surface area (Å²) in [5, 5.41) is 3.31. The lowest BCUT2D eigenvalue weighted by atomic mass is 9.70. The number of benzene rings is 2. The van der Waals surface area contributed by atoms with Crippen LogP contribution in [-0.2, 0) is 16.0 Å². The summed E-state index contributed by atoms with van der Waals surface area (Å²) in [6.45, 7) is 6.80. The first-order valence-corrected chi connectivity index (χ1v) is 12.7. The first-order chi connectivity index (χ1) is 17.9. The van der Waals surface area contributed by atoms with Crippen molar-refractivity contribution in [3.05, 3.63) is 42.0 Å². The Morgan fingerprint density at radius 3 is 2.47 bits per heavy atom. The number of alkyl halides is 3. The Morgan fingerprint density at radius 1 is 1.16 bits per heavy atom. The molecule has 1 N–H and O–H groups in total. The van der Waals surface area contributed by atoms with E-state index in [9.17, 15) is 18.0 Å². The lowest BCUT2D eigenvalue weighted by Gasteiger charge is -2.40. The van der Waals surface area contributed by atoms with Crippen molar-refractivity contribution in [3.8, 4) is 11.5 Å². The van der Waals surface area contributed by atoms with Gasteiger partial charge in [0.15, 0.2) is 0 Å². The number of hydrogen-bond acceptors (Lipinski definition) is 6. The zero-order chi connectivity index (χ0) is 27.7. The number of nitrogens with one attached hydrogen (secondary N) is 1. The van der Waals surface area contributed by atoms with Gasteiger partial charge in [-0.1, -0.05) is 20.8 Å². The van der Waals surface area contributed by atoms with E-state index in [1.54, 1.807) is 7.11 Å². The third-order valence-corrected chi connectivity index (χ3v) is 6.99. The molecule has 7 nitrogen and oxygen atoms in total. The molecule has 0 saturated heterocycles. The molecule has 38 heavy (non-hydrogen) atoms. The third-order valence-electron chi connectivity index (χ3n) is 6.99. The summed E-state index contributed by atoms with van der Waals surface area (Å²) in [6.07, 6.45) is -1.06. The number of methoxy groups -OCH3 is 2. The predicted molar refractivity (Wildman–Crippen MR) is 139 cm³/mol. The van der Waals surface area contributed by atoms with Gasteiger partial charge in [0.2, 0.25) is 5.95 Å². The number of hydrogen-bond donors (Lipinski definition) is 1. The van der Waals surface area contributed by atoms with Crippen molar-refractivity contribution in [1.82, 2.24) is 9.55 Å². The SMILES string of the molecule is COC(=O)CCc1cc2nc(Nc3ccc(OC(F)(F)F)cc3)n(C3CC(C)CC(C)(C)C3)c2cc1OC. The van der Waals surface area contributed by atoms with Crippen LogP contribution in [0.2, 0.25) is 0 Å². The zero-order valence-electron chi connectivity index (χ0n) is 22.3. The van der Waals surface area contributed by atoms with Crippen molar-refractivity contribution in [3.63, 3.8) is 0 Å². The fourth-order valence-corrected chi connectivity index (χ4v) is 5.71. The second kappa shape index (κ2) is 10.7. The van der Waals surface area contributed by atoms with Gasteiger partial charge >= 0.3 is 12.3 Å². The maximum atomic E-state index is 12.6. The van der Waals surface area contributed by atoms with E-state index in [4.69, 9.17) is 14.5 Å². The Labute approximate surface area is 220 Å². The number of carbonyl (C=O) groups is 1. The molecule has 0 spiro atoms. The van der Waals surface area contributed by atoms with Crippen LogP contribution in [0.25, 0.3) is 11.0 Å². The van der Waals surface area contributed by atoms with Gasteiger partial charge in [-0.2, -0.15) is 0 Å². The minimum absolute atomic E-state index is 0.136. The van der Waals surface area contributed by atoms with E-state index in [0.717, 1.165) is 35.9 Å². The fraction of sp³-hybridized carbons (Fsp3) is 0.500. The van der Waals surface area contributed by atoms with Crippen molar-refractivity contribution >= 4 is 28.6 Å². The number of imidazole rings is 1. The minimum atomic E-state index is -4.75. The zero-order valence-corrected chi connectivity index (χ0v) is 22.3. The van der Waals surface area contributed by atoms with Crippen LogP contribution < -0.4 is 14.8 Å². The summed E-state index contributed by atoms with van der Waals surface area (Å²) in [7, 11) is 2.95. The van der Waals surface area contributed by atoms with Crippen molar-refractivity contribution < 1.29 is 32.2 Å². The quantitative estimate of drug-likeness (QED) is 0.309. The highest BCUT2D eigenvalue weighted by molar-refractivity contribution is 5.83. The van der Waals surface area contributed by atoms with E-state index in [2.05, 4.69) is 35.4 Å². The fourth-order valence-electron chi connectivity index (χ4n) is 5.71.